The molecule has 0 aromatic heterocycles. The zero-order valence-electron chi connectivity index (χ0n) is 12.4. The summed E-state index contributed by atoms with van der Waals surface area (Å²) in [6.07, 6.45) is 0. The molecule has 0 heterocycles. The van der Waals surface area contributed by atoms with Crippen LogP contribution >= 0.6 is 0 Å². The molecule has 2 nitrogen and oxygen atoms in total. The molecule has 0 spiro atoms. The molecule has 0 saturated heterocycles. The molecular weight excluding hydrogens is 244 g/mol. The predicted molar refractivity (Wildman–Crippen MR) is 85.5 cm³/mol. The first-order valence-corrected chi connectivity index (χ1v) is 7.29. The molecule has 2 heteroatoms. The number of benzene rings is 2. The molecule has 0 amide bonds. The van der Waals surface area contributed by atoms with Crippen LogP contribution in [-0.4, -0.2) is 18.0 Å². The fourth-order valence-electron chi connectivity index (χ4n) is 2.63. The predicted octanol–water partition coefficient (Wildman–Crippen LogP) is 3.52. The van der Waals surface area contributed by atoms with Gasteiger partial charge in [0.2, 0.25) is 0 Å². The minimum Gasteiger partial charge on any atom is -0.329 e. The van der Waals surface area contributed by atoms with E-state index in [2.05, 4.69) is 73.3 Å². The molecule has 2 aromatic rings. The van der Waals surface area contributed by atoms with Gasteiger partial charge < -0.3 is 5.73 Å². The molecule has 0 aliphatic carbocycles. The van der Waals surface area contributed by atoms with E-state index >= 15 is 0 Å². The van der Waals surface area contributed by atoms with Crippen LogP contribution in [0.2, 0.25) is 0 Å². The molecule has 0 radical (unpaired) electrons. The van der Waals surface area contributed by atoms with Crippen LogP contribution in [0.3, 0.4) is 0 Å². The Labute approximate surface area is 122 Å². The van der Waals surface area contributed by atoms with Crippen LogP contribution < -0.4 is 5.73 Å². The minimum atomic E-state index is 0.278. The second-order valence-electron chi connectivity index (χ2n) is 5.21. The fourth-order valence-corrected chi connectivity index (χ4v) is 2.63. The summed E-state index contributed by atoms with van der Waals surface area (Å²) in [6, 6.07) is 19.5. The van der Waals surface area contributed by atoms with Gasteiger partial charge in [0, 0.05) is 19.1 Å². The highest BCUT2D eigenvalue weighted by molar-refractivity contribution is 5.26. The molecule has 20 heavy (non-hydrogen) atoms. The number of aryl methyl sites for hydroxylation is 1. The lowest BCUT2D eigenvalue weighted by Gasteiger charge is -2.30. The smallest absolute Gasteiger partial charge is 0.0473 e. The number of nitrogens with two attached hydrogens (primary N) is 1. The summed E-state index contributed by atoms with van der Waals surface area (Å²) in [5, 5.41) is 0. The van der Waals surface area contributed by atoms with Crippen LogP contribution in [0, 0.1) is 6.92 Å². The summed E-state index contributed by atoms with van der Waals surface area (Å²) in [5.74, 6) is 0. The zero-order valence-corrected chi connectivity index (χ0v) is 12.4. The average molecular weight is 268 g/mol. The molecule has 0 bridgehead atoms. The van der Waals surface area contributed by atoms with Crippen LogP contribution in [-0.2, 0) is 6.54 Å². The van der Waals surface area contributed by atoms with Crippen molar-refractivity contribution in [1.29, 1.82) is 0 Å². The van der Waals surface area contributed by atoms with Crippen LogP contribution in [0.4, 0.5) is 0 Å². The van der Waals surface area contributed by atoms with Gasteiger partial charge in [-0.25, -0.2) is 0 Å². The molecule has 0 saturated carbocycles. The van der Waals surface area contributed by atoms with E-state index in [1.54, 1.807) is 0 Å². The van der Waals surface area contributed by atoms with Crippen molar-refractivity contribution in [2.45, 2.75) is 26.4 Å². The third-order valence-electron chi connectivity index (χ3n) is 3.73. The molecule has 2 rings (SSSR count). The Kier molecular flexibility index (Phi) is 5.33. The minimum absolute atomic E-state index is 0.278. The Bertz CT molecular complexity index is 522. The van der Waals surface area contributed by atoms with E-state index in [1.165, 1.54) is 16.7 Å². The van der Waals surface area contributed by atoms with Crippen molar-refractivity contribution in [3.05, 3.63) is 71.3 Å². The van der Waals surface area contributed by atoms with Crippen LogP contribution in [0.15, 0.2) is 54.6 Å². The third kappa shape index (κ3) is 3.69. The van der Waals surface area contributed by atoms with Crippen LogP contribution in [0.25, 0.3) is 0 Å². The summed E-state index contributed by atoms with van der Waals surface area (Å²) in [7, 11) is 0. The molecule has 2 aromatic carbocycles. The highest BCUT2D eigenvalue weighted by Crippen LogP contribution is 2.22. The average Bonchev–Trinajstić information content (AvgIpc) is 2.48. The summed E-state index contributed by atoms with van der Waals surface area (Å²) >= 11 is 0. The van der Waals surface area contributed by atoms with Gasteiger partial charge in [-0.1, -0.05) is 67.1 Å². The Morgan fingerprint density at radius 2 is 1.80 bits per heavy atom. The van der Waals surface area contributed by atoms with Gasteiger partial charge in [-0.3, -0.25) is 4.90 Å². The first-order valence-electron chi connectivity index (χ1n) is 7.29. The van der Waals surface area contributed by atoms with Gasteiger partial charge in [0.05, 0.1) is 0 Å². The maximum absolute atomic E-state index is 6.04. The number of likely N-dealkylation sites (N-methyl/N-ethyl adjacent to an activating group) is 1. The lowest BCUT2D eigenvalue weighted by atomic mass is 10.0. The molecular formula is C18H24N2. The highest BCUT2D eigenvalue weighted by atomic mass is 15.2. The fraction of sp³-hybridized carbons (Fsp3) is 0.333. The van der Waals surface area contributed by atoms with Gasteiger partial charge in [0.15, 0.2) is 0 Å². The molecule has 0 aliphatic rings. The summed E-state index contributed by atoms with van der Waals surface area (Å²) in [5.41, 5.74) is 9.98. The first kappa shape index (κ1) is 14.8. The molecule has 1 unspecified atom stereocenters. The summed E-state index contributed by atoms with van der Waals surface area (Å²) < 4.78 is 0. The quantitative estimate of drug-likeness (QED) is 0.868. The third-order valence-corrected chi connectivity index (χ3v) is 3.73. The highest BCUT2D eigenvalue weighted by Gasteiger charge is 2.17. The SMILES string of the molecule is CCN(Cc1ccccc1)C(CN)c1cccc(C)c1. The van der Waals surface area contributed by atoms with Gasteiger partial charge in [-0.05, 0) is 24.6 Å². The van der Waals surface area contributed by atoms with Crippen molar-refractivity contribution in [3.63, 3.8) is 0 Å². The Balaban J connectivity index is 2.19. The Morgan fingerprint density at radius 1 is 1.05 bits per heavy atom. The summed E-state index contributed by atoms with van der Waals surface area (Å²) in [4.78, 5) is 2.43. The maximum atomic E-state index is 6.04. The lowest BCUT2D eigenvalue weighted by Crippen LogP contribution is -2.33. The van der Waals surface area contributed by atoms with Gasteiger partial charge >= 0.3 is 0 Å². The summed E-state index contributed by atoms with van der Waals surface area (Å²) in [6.45, 7) is 6.90. The zero-order chi connectivity index (χ0) is 14.4. The maximum Gasteiger partial charge on any atom is 0.0473 e. The van der Waals surface area contributed by atoms with Gasteiger partial charge in [0.25, 0.3) is 0 Å². The molecule has 0 aliphatic heterocycles. The molecule has 106 valence electrons. The van der Waals surface area contributed by atoms with Crippen molar-refractivity contribution < 1.29 is 0 Å². The number of nitrogens with zero attached hydrogens (tertiary/aromatic N) is 1. The van der Waals surface area contributed by atoms with Crippen molar-refractivity contribution in [3.8, 4) is 0 Å². The second-order valence-corrected chi connectivity index (χ2v) is 5.21. The largest absolute Gasteiger partial charge is 0.329 e. The number of hydrogen-bond acceptors (Lipinski definition) is 2. The van der Waals surface area contributed by atoms with Crippen LogP contribution in [0.1, 0.15) is 29.7 Å². The van der Waals surface area contributed by atoms with E-state index in [0.29, 0.717) is 6.54 Å². The molecule has 0 fully saturated rings. The first-order chi connectivity index (χ1) is 9.74. The van der Waals surface area contributed by atoms with Gasteiger partial charge in [0.1, 0.15) is 0 Å². The van der Waals surface area contributed by atoms with E-state index in [0.717, 1.165) is 13.1 Å². The van der Waals surface area contributed by atoms with Crippen molar-refractivity contribution in [2.24, 2.45) is 5.73 Å². The van der Waals surface area contributed by atoms with E-state index < -0.39 is 0 Å². The number of rotatable bonds is 6. The lowest BCUT2D eigenvalue weighted by molar-refractivity contribution is 0.203. The van der Waals surface area contributed by atoms with Gasteiger partial charge in [-0.15, -0.1) is 0 Å². The van der Waals surface area contributed by atoms with E-state index in [4.69, 9.17) is 5.73 Å². The number of hydrogen-bond donors (Lipinski definition) is 1. The Morgan fingerprint density at radius 3 is 2.40 bits per heavy atom. The van der Waals surface area contributed by atoms with E-state index in [-0.39, 0.29) is 6.04 Å². The molecule has 2 N–H and O–H groups in total. The molecule has 1 atom stereocenters. The van der Waals surface area contributed by atoms with Crippen molar-refractivity contribution in [1.82, 2.24) is 4.90 Å². The van der Waals surface area contributed by atoms with Crippen molar-refractivity contribution >= 4 is 0 Å². The van der Waals surface area contributed by atoms with E-state index in [9.17, 15) is 0 Å². The normalized spacial score (nSPS) is 12.6. The Hall–Kier alpha value is -1.64. The van der Waals surface area contributed by atoms with E-state index in [1.807, 2.05) is 0 Å². The van der Waals surface area contributed by atoms with Crippen LogP contribution in [0.5, 0.6) is 0 Å². The monoisotopic (exact) mass is 268 g/mol. The van der Waals surface area contributed by atoms with Gasteiger partial charge in [-0.2, -0.15) is 0 Å². The topological polar surface area (TPSA) is 29.3 Å². The second kappa shape index (κ2) is 7.22. The standard InChI is InChI=1S/C18H24N2/c1-3-20(14-16-9-5-4-6-10-16)18(13-19)17-11-7-8-15(2)12-17/h4-12,18H,3,13-14,19H2,1-2H3. The van der Waals surface area contributed by atoms with Crippen molar-refractivity contribution in [2.75, 3.05) is 13.1 Å².